The molecular weight excluding hydrogens is 223 g/mol. The number of benzene rings is 1. The molecule has 0 radical (unpaired) electrons. The van der Waals surface area contributed by atoms with Crippen molar-refractivity contribution in [2.45, 2.75) is 25.4 Å². The molecule has 1 unspecified atom stereocenters. The van der Waals surface area contributed by atoms with Gasteiger partial charge in [-0.3, -0.25) is 4.90 Å². The van der Waals surface area contributed by atoms with Gasteiger partial charge in [0, 0.05) is 6.54 Å². The number of piperidine rings is 1. The predicted octanol–water partition coefficient (Wildman–Crippen LogP) is 2.73. The minimum absolute atomic E-state index is 0.335. The van der Waals surface area contributed by atoms with Crippen molar-refractivity contribution in [1.82, 2.24) is 4.90 Å². The van der Waals surface area contributed by atoms with Crippen molar-refractivity contribution in [2.75, 3.05) is 11.9 Å². The van der Waals surface area contributed by atoms with Gasteiger partial charge >= 0.3 is 6.09 Å². The summed E-state index contributed by atoms with van der Waals surface area (Å²) in [5, 5.41) is 12.0. The van der Waals surface area contributed by atoms with Gasteiger partial charge in [-0.05, 0) is 31.4 Å². The smallest absolute Gasteiger partial charge is 0.408 e. The number of nitrogens with one attached hydrogen (secondary N) is 1. The largest absolute Gasteiger partial charge is 0.465 e. The van der Waals surface area contributed by atoms with Crippen LogP contribution in [0.2, 0.25) is 0 Å². The number of para-hydroxylation sites is 1. The highest BCUT2D eigenvalue weighted by Crippen LogP contribution is 2.21. The highest BCUT2D eigenvalue weighted by atomic mass is 19.1. The Bertz CT molecular complexity index is 411. The number of carbonyl (C=O) groups is 1. The molecule has 1 aliphatic heterocycles. The van der Waals surface area contributed by atoms with Crippen LogP contribution in [0.3, 0.4) is 0 Å². The van der Waals surface area contributed by atoms with Gasteiger partial charge in [-0.1, -0.05) is 12.1 Å². The van der Waals surface area contributed by atoms with Crippen LogP contribution >= 0.6 is 0 Å². The normalized spacial score (nSPS) is 20.1. The molecule has 0 aromatic heterocycles. The summed E-state index contributed by atoms with van der Waals surface area (Å²) in [6, 6.07) is 6.30. The number of carboxylic acid groups (broad SMARTS) is 1. The highest BCUT2D eigenvalue weighted by Gasteiger charge is 2.26. The quantitative estimate of drug-likeness (QED) is 0.833. The molecule has 1 aliphatic rings. The Morgan fingerprint density at radius 1 is 1.41 bits per heavy atom. The van der Waals surface area contributed by atoms with E-state index in [9.17, 15) is 9.18 Å². The van der Waals surface area contributed by atoms with E-state index in [1.807, 2.05) is 0 Å². The van der Waals surface area contributed by atoms with Crippen LogP contribution in [0.15, 0.2) is 24.3 Å². The van der Waals surface area contributed by atoms with E-state index in [2.05, 4.69) is 5.32 Å². The predicted molar refractivity (Wildman–Crippen MR) is 62.4 cm³/mol. The average Bonchev–Trinajstić information content (AvgIpc) is 2.32. The average molecular weight is 238 g/mol. The van der Waals surface area contributed by atoms with Crippen molar-refractivity contribution in [1.29, 1.82) is 0 Å². The summed E-state index contributed by atoms with van der Waals surface area (Å²) in [4.78, 5) is 12.4. The van der Waals surface area contributed by atoms with E-state index in [4.69, 9.17) is 5.11 Å². The van der Waals surface area contributed by atoms with Crippen LogP contribution in [0, 0.1) is 5.82 Å². The molecule has 5 heteroatoms. The van der Waals surface area contributed by atoms with E-state index in [-0.39, 0.29) is 12.0 Å². The van der Waals surface area contributed by atoms with Gasteiger partial charge in [0.05, 0.1) is 5.69 Å². The van der Waals surface area contributed by atoms with E-state index in [1.165, 1.54) is 11.0 Å². The summed E-state index contributed by atoms with van der Waals surface area (Å²) in [6.45, 7) is 0.501. The maximum atomic E-state index is 13.4. The van der Waals surface area contributed by atoms with Crippen LogP contribution in [-0.2, 0) is 0 Å². The van der Waals surface area contributed by atoms with E-state index in [0.29, 0.717) is 18.7 Å². The Labute approximate surface area is 99.0 Å². The number of hydrogen-bond donors (Lipinski definition) is 2. The number of halogens is 1. The standard InChI is InChI=1S/C12H15FN2O2/c13-9-5-1-2-6-10(9)14-11-7-3-4-8-15(11)12(16)17/h1-2,5-6,11,14H,3-4,7-8H2,(H,16,17). The first-order chi connectivity index (χ1) is 8.18. The van der Waals surface area contributed by atoms with Gasteiger partial charge in [-0.25, -0.2) is 9.18 Å². The third-order valence-corrected chi connectivity index (χ3v) is 2.94. The molecular formula is C12H15FN2O2. The maximum Gasteiger partial charge on any atom is 0.408 e. The summed E-state index contributed by atoms with van der Waals surface area (Å²) in [5.74, 6) is -0.358. The van der Waals surface area contributed by atoms with Gasteiger partial charge in [0.25, 0.3) is 0 Å². The molecule has 1 saturated heterocycles. The van der Waals surface area contributed by atoms with Crippen LogP contribution in [0.4, 0.5) is 14.9 Å². The first kappa shape index (κ1) is 11.7. The Balaban J connectivity index is 2.11. The zero-order valence-electron chi connectivity index (χ0n) is 9.40. The lowest BCUT2D eigenvalue weighted by Crippen LogP contribution is -2.47. The first-order valence-electron chi connectivity index (χ1n) is 5.69. The molecule has 17 heavy (non-hydrogen) atoms. The maximum absolute atomic E-state index is 13.4. The molecule has 4 nitrogen and oxygen atoms in total. The fourth-order valence-corrected chi connectivity index (χ4v) is 2.07. The number of hydrogen-bond acceptors (Lipinski definition) is 2. The van der Waals surface area contributed by atoms with Crippen molar-refractivity contribution >= 4 is 11.8 Å². The van der Waals surface area contributed by atoms with Crippen molar-refractivity contribution in [3.8, 4) is 0 Å². The number of rotatable bonds is 2. The van der Waals surface area contributed by atoms with Crippen LogP contribution < -0.4 is 5.32 Å². The Morgan fingerprint density at radius 2 is 2.18 bits per heavy atom. The van der Waals surface area contributed by atoms with E-state index < -0.39 is 6.09 Å². The Kier molecular flexibility index (Phi) is 3.46. The Morgan fingerprint density at radius 3 is 2.88 bits per heavy atom. The number of nitrogens with zero attached hydrogens (tertiary/aromatic N) is 1. The van der Waals surface area contributed by atoms with Crippen molar-refractivity contribution in [2.24, 2.45) is 0 Å². The monoisotopic (exact) mass is 238 g/mol. The van der Waals surface area contributed by atoms with Crippen LogP contribution in [0.1, 0.15) is 19.3 Å². The molecule has 1 amide bonds. The lowest BCUT2D eigenvalue weighted by Gasteiger charge is -2.34. The number of likely N-dealkylation sites (tertiary alicyclic amines) is 1. The highest BCUT2D eigenvalue weighted by molar-refractivity contribution is 5.66. The van der Waals surface area contributed by atoms with Gasteiger partial charge in [0.1, 0.15) is 12.0 Å². The summed E-state index contributed by atoms with van der Waals surface area (Å²) in [7, 11) is 0. The lowest BCUT2D eigenvalue weighted by molar-refractivity contribution is 0.114. The fourth-order valence-electron chi connectivity index (χ4n) is 2.07. The van der Waals surface area contributed by atoms with Gasteiger partial charge in [-0.2, -0.15) is 0 Å². The summed E-state index contributed by atoms with van der Waals surface area (Å²) in [5.41, 5.74) is 0.352. The SMILES string of the molecule is O=C(O)N1CCCCC1Nc1ccccc1F. The molecule has 0 bridgehead atoms. The van der Waals surface area contributed by atoms with Gasteiger partial charge < -0.3 is 10.4 Å². The molecule has 0 saturated carbocycles. The van der Waals surface area contributed by atoms with E-state index >= 15 is 0 Å². The van der Waals surface area contributed by atoms with Crippen LogP contribution in [0.5, 0.6) is 0 Å². The molecule has 0 spiro atoms. The summed E-state index contributed by atoms with van der Waals surface area (Å²) >= 11 is 0. The summed E-state index contributed by atoms with van der Waals surface area (Å²) < 4.78 is 13.4. The first-order valence-corrected chi connectivity index (χ1v) is 5.69. The zero-order chi connectivity index (χ0) is 12.3. The molecule has 1 heterocycles. The minimum Gasteiger partial charge on any atom is -0.465 e. The molecule has 2 N–H and O–H groups in total. The van der Waals surface area contributed by atoms with Crippen molar-refractivity contribution < 1.29 is 14.3 Å². The van der Waals surface area contributed by atoms with E-state index in [0.717, 1.165) is 12.8 Å². The van der Waals surface area contributed by atoms with Gasteiger partial charge in [0.2, 0.25) is 0 Å². The zero-order valence-corrected chi connectivity index (χ0v) is 9.40. The van der Waals surface area contributed by atoms with E-state index in [1.54, 1.807) is 18.2 Å². The van der Waals surface area contributed by atoms with Gasteiger partial charge in [-0.15, -0.1) is 0 Å². The molecule has 2 rings (SSSR count). The second-order valence-corrected chi connectivity index (χ2v) is 4.11. The molecule has 1 fully saturated rings. The van der Waals surface area contributed by atoms with Gasteiger partial charge in [0.15, 0.2) is 0 Å². The minimum atomic E-state index is -0.960. The van der Waals surface area contributed by atoms with Crippen LogP contribution in [-0.4, -0.2) is 28.8 Å². The number of amides is 1. The topological polar surface area (TPSA) is 52.6 Å². The molecule has 0 aliphatic carbocycles. The molecule has 1 aromatic rings. The number of anilines is 1. The Hall–Kier alpha value is -1.78. The second-order valence-electron chi connectivity index (χ2n) is 4.11. The second kappa shape index (κ2) is 5.03. The molecule has 92 valence electrons. The summed E-state index contributed by atoms with van der Waals surface area (Å²) in [6.07, 6.45) is 1.23. The van der Waals surface area contributed by atoms with Crippen molar-refractivity contribution in [3.63, 3.8) is 0 Å². The molecule has 1 atom stereocenters. The third-order valence-electron chi connectivity index (χ3n) is 2.94. The lowest BCUT2D eigenvalue weighted by atomic mass is 10.1. The molecule has 1 aromatic carbocycles. The third kappa shape index (κ3) is 2.67. The van der Waals surface area contributed by atoms with Crippen molar-refractivity contribution in [3.05, 3.63) is 30.1 Å². The van der Waals surface area contributed by atoms with Crippen LogP contribution in [0.25, 0.3) is 0 Å². The fraction of sp³-hybridized carbons (Fsp3) is 0.417.